The predicted molar refractivity (Wildman–Crippen MR) is 84.1 cm³/mol. The summed E-state index contributed by atoms with van der Waals surface area (Å²) in [5.41, 5.74) is 2.22. The molecule has 2 amide bonds. The second kappa shape index (κ2) is 6.78. The van der Waals surface area contributed by atoms with Gasteiger partial charge in [0, 0.05) is 18.8 Å². The summed E-state index contributed by atoms with van der Waals surface area (Å²) in [6.45, 7) is 8.37. The molecule has 1 heterocycles. The summed E-state index contributed by atoms with van der Waals surface area (Å²) >= 11 is 0. The summed E-state index contributed by atoms with van der Waals surface area (Å²) in [6, 6.07) is 8.28. The Labute approximate surface area is 122 Å². The number of urea groups is 1. The van der Waals surface area contributed by atoms with E-state index in [1.165, 1.54) is 12.0 Å². The summed E-state index contributed by atoms with van der Waals surface area (Å²) in [4.78, 5) is 14.1. The van der Waals surface area contributed by atoms with Crippen molar-refractivity contribution in [2.75, 3.05) is 18.4 Å². The van der Waals surface area contributed by atoms with Crippen LogP contribution in [0.5, 0.6) is 0 Å². The molecule has 1 saturated heterocycles. The van der Waals surface area contributed by atoms with Crippen LogP contribution < -0.4 is 5.32 Å². The van der Waals surface area contributed by atoms with Crippen LogP contribution in [0.3, 0.4) is 0 Å². The maximum atomic E-state index is 12.2. The number of benzene rings is 1. The van der Waals surface area contributed by atoms with Crippen LogP contribution in [0.25, 0.3) is 0 Å². The zero-order valence-electron chi connectivity index (χ0n) is 12.9. The summed E-state index contributed by atoms with van der Waals surface area (Å²) in [7, 11) is 0. The first-order chi connectivity index (χ1) is 9.60. The van der Waals surface area contributed by atoms with Gasteiger partial charge in [-0.2, -0.15) is 0 Å². The molecule has 1 aromatic rings. The minimum Gasteiger partial charge on any atom is -0.324 e. The maximum Gasteiger partial charge on any atom is 0.321 e. The molecular formula is C17H26N2O. The molecule has 1 aliphatic rings. The lowest BCUT2D eigenvalue weighted by Crippen LogP contribution is -2.41. The van der Waals surface area contributed by atoms with Gasteiger partial charge in [0.15, 0.2) is 0 Å². The van der Waals surface area contributed by atoms with Crippen molar-refractivity contribution < 1.29 is 4.79 Å². The lowest BCUT2D eigenvalue weighted by Gasteiger charge is -2.30. The van der Waals surface area contributed by atoms with Gasteiger partial charge in [-0.3, -0.25) is 0 Å². The molecule has 0 aliphatic carbocycles. The predicted octanol–water partition coefficient (Wildman–Crippen LogP) is 4.46. The van der Waals surface area contributed by atoms with E-state index in [1.807, 2.05) is 17.0 Å². The van der Waals surface area contributed by atoms with Gasteiger partial charge in [-0.1, -0.05) is 32.9 Å². The van der Waals surface area contributed by atoms with Gasteiger partial charge in [0.1, 0.15) is 0 Å². The van der Waals surface area contributed by atoms with Gasteiger partial charge in [-0.05, 0) is 48.8 Å². The third kappa shape index (κ3) is 3.75. The van der Waals surface area contributed by atoms with Crippen molar-refractivity contribution in [3.63, 3.8) is 0 Å². The van der Waals surface area contributed by atoms with Crippen LogP contribution in [-0.4, -0.2) is 24.0 Å². The van der Waals surface area contributed by atoms with Crippen LogP contribution in [0.1, 0.15) is 51.5 Å². The maximum absolute atomic E-state index is 12.2. The third-order valence-electron chi connectivity index (χ3n) is 4.29. The minimum atomic E-state index is 0.0350. The molecule has 0 bridgehead atoms. The molecule has 1 N–H and O–H groups in total. The minimum absolute atomic E-state index is 0.0350. The quantitative estimate of drug-likeness (QED) is 0.867. The van der Waals surface area contributed by atoms with Crippen molar-refractivity contribution in [3.05, 3.63) is 29.8 Å². The number of hydrogen-bond donors (Lipinski definition) is 1. The van der Waals surface area contributed by atoms with E-state index in [4.69, 9.17) is 0 Å². The molecule has 0 spiro atoms. The molecule has 0 saturated carbocycles. The number of likely N-dealkylation sites (tertiary alicyclic amines) is 1. The summed E-state index contributed by atoms with van der Waals surface area (Å²) in [5, 5.41) is 3.00. The van der Waals surface area contributed by atoms with Gasteiger partial charge >= 0.3 is 6.03 Å². The van der Waals surface area contributed by atoms with Crippen LogP contribution in [-0.2, 0) is 0 Å². The van der Waals surface area contributed by atoms with Crippen molar-refractivity contribution in [2.45, 2.75) is 46.0 Å². The first-order valence-electron chi connectivity index (χ1n) is 7.76. The first kappa shape index (κ1) is 14.9. The van der Waals surface area contributed by atoms with Crippen LogP contribution in [0.2, 0.25) is 0 Å². The van der Waals surface area contributed by atoms with Crippen molar-refractivity contribution in [3.8, 4) is 0 Å². The number of nitrogens with one attached hydrogen (secondary N) is 1. The zero-order valence-corrected chi connectivity index (χ0v) is 12.9. The first-order valence-corrected chi connectivity index (χ1v) is 7.76. The highest BCUT2D eigenvalue weighted by Crippen LogP contribution is 2.21. The van der Waals surface area contributed by atoms with E-state index < -0.39 is 0 Å². The van der Waals surface area contributed by atoms with Crippen LogP contribution in [0, 0.1) is 5.92 Å². The number of carbonyl (C=O) groups excluding carboxylic acids is 1. The fraction of sp³-hybridized carbons (Fsp3) is 0.588. The van der Waals surface area contributed by atoms with Gasteiger partial charge in [-0.15, -0.1) is 0 Å². The highest BCUT2D eigenvalue weighted by molar-refractivity contribution is 5.89. The fourth-order valence-electron chi connectivity index (χ4n) is 2.71. The molecule has 3 heteroatoms. The molecule has 1 fully saturated rings. The Morgan fingerprint density at radius 3 is 2.70 bits per heavy atom. The van der Waals surface area contributed by atoms with Gasteiger partial charge in [0.25, 0.3) is 0 Å². The Morgan fingerprint density at radius 1 is 1.40 bits per heavy atom. The number of carbonyl (C=O) groups is 1. The topological polar surface area (TPSA) is 32.3 Å². The second-order valence-electron chi connectivity index (χ2n) is 6.05. The normalized spacial score (nSPS) is 20.6. The molecule has 2 rings (SSSR count). The standard InChI is InChI=1S/C17H26N2O/c1-4-14(3)15-7-9-16(10-8-15)18-17(20)19-11-5-6-13(2)12-19/h7-10,13-14H,4-6,11-12H2,1-3H3,(H,18,20)/t13-,14-/m1/s1. The fourth-order valence-corrected chi connectivity index (χ4v) is 2.71. The van der Waals surface area contributed by atoms with Crippen molar-refractivity contribution in [1.82, 2.24) is 4.90 Å². The van der Waals surface area contributed by atoms with E-state index in [1.54, 1.807) is 0 Å². The van der Waals surface area contributed by atoms with Crippen molar-refractivity contribution in [2.24, 2.45) is 5.92 Å². The van der Waals surface area contributed by atoms with Crippen molar-refractivity contribution in [1.29, 1.82) is 0 Å². The third-order valence-corrected chi connectivity index (χ3v) is 4.29. The highest BCUT2D eigenvalue weighted by atomic mass is 16.2. The average molecular weight is 274 g/mol. The van der Waals surface area contributed by atoms with Crippen LogP contribution in [0.4, 0.5) is 10.5 Å². The van der Waals surface area contributed by atoms with Gasteiger partial charge in [0.05, 0.1) is 0 Å². The van der Waals surface area contributed by atoms with Crippen LogP contribution >= 0.6 is 0 Å². The number of nitrogens with zero attached hydrogens (tertiary/aromatic N) is 1. The van der Waals surface area contributed by atoms with Gasteiger partial charge < -0.3 is 10.2 Å². The lowest BCUT2D eigenvalue weighted by atomic mass is 9.98. The van der Waals surface area contributed by atoms with E-state index >= 15 is 0 Å². The Balaban J connectivity index is 1.94. The average Bonchev–Trinajstić information content (AvgIpc) is 2.47. The summed E-state index contributed by atoms with van der Waals surface area (Å²) < 4.78 is 0. The molecule has 2 atom stereocenters. The Hall–Kier alpha value is -1.51. The Morgan fingerprint density at radius 2 is 2.10 bits per heavy atom. The molecule has 110 valence electrons. The molecule has 1 aromatic carbocycles. The zero-order chi connectivity index (χ0) is 14.5. The molecule has 0 aromatic heterocycles. The molecule has 1 aliphatic heterocycles. The molecule has 0 radical (unpaired) electrons. The molecule has 20 heavy (non-hydrogen) atoms. The van der Waals surface area contributed by atoms with E-state index in [9.17, 15) is 4.79 Å². The number of rotatable bonds is 3. The molecular weight excluding hydrogens is 248 g/mol. The smallest absolute Gasteiger partial charge is 0.321 e. The summed E-state index contributed by atoms with van der Waals surface area (Å²) in [6.07, 6.45) is 3.48. The number of amides is 2. The number of anilines is 1. The molecule has 3 nitrogen and oxygen atoms in total. The van der Waals surface area contributed by atoms with E-state index in [0.29, 0.717) is 11.8 Å². The summed E-state index contributed by atoms with van der Waals surface area (Å²) in [5.74, 6) is 1.19. The lowest BCUT2D eigenvalue weighted by molar-refractivity contribution is 0.182. The monoisotopic (exact) mass is 274 g/mol. The highest BCUT2D eigenvalue weighted by Gasteiger charge is 2.20. The van der Waals surface area contributed by atoms with Gasteiger partial charge in [0.2, 0.25) is 0 Å². The largest absolute Gasteiger partial charge is 0.324 e. The van der Waals surface area contributed by atoms with Crippen molar-refractivity contribution >= 4 is 11.7 Å². The van der Waals surface area contributed by atoms with E-state index in [-0.39, 0.29) is 6.03 Å². The Kier molecular flexibility index (Phi) is 5.05. The van der Waals surface area contributed by atoms with E-state index in [0.717, 1.165) is 31.6 Å². The molecule has 0 unspecified atom stereocenters. The Bertz CT molecular complexity index is 441. The van der Waals surface area contributed by atoms with Gasteiger partial charge in [-0.25, -0.2) is 4.79 Å². The van der Waals surface area contributed by atoms with E-state index in [2.05, 4.69) is 38.2 Å². The SMILES string of the molecule is CC[C@@H](C)c1ccc(NC(=O)N2CCC[C@@H](C)C2)cc1. The second-order valence-corrected chi connectivity index (χ2v) is 6.05. The number of piperidine rings is 1. The number of hydrogen-bond acceptors (Lipinski definition) is 1. The van der Waals surface area contributed by atoms with Crippen LogP contribution in [0.15, 0.2) is 24.3 Å².